The van der Waals surface area contributed by atoms with Crippen molar-refractivity contribution in [2.24, 2.45) is 0 Å². The number of ether oxygens (including phenoxy) is 1. The van der Waals surface area contributed by atoms with Crippen molar-refractivity contribution in [3.05, 3.63) is 156 Å². The van der Waals surface area contributed by atoms with Gasteiger partial charge in [0.25, 0.3) is 0 Å². The van der Waals surface area contributed by atoms with Crippen LogP contribution in [-0.2, 0) is 5.41 Å². The smallest absolute Gasteiger partial charge is 0.137 e. The second kappa shape index (κ2) is 13.8. The van der Waals surface area contributed by atoms with E-state index in [4.69, 9.17) is 9.72 Å². The first-order valence-corrected chi connectivity index (χ1v) is 21.3. The summed E-state index contributed by atoms with van der Waals surface area (Å²) in [4.78, 5) is 9.95. The van der Waals surface area contributed by atoms with Crippen LogP contribution in [0.4, 0.5) is 22.7 Å². The summed E-state index contributed by atoms with van der Waals surface area (Å²) in [5.74, 6) is 3.28. The van der Waals surface area contributed by atoms with Gasteiger partial charge in [-0.15, -0.1) is 11.3 Å². The molecule has 0 saturated carbocycles. The van der Waals surface area contributed by atoms with E-state index >= 15 is 0 Å². The molecule has 10 rings (SSSR count). The molecule has 0 unspecified atom stereocenters. The average Bonchev–Trinajstić information content (AvgIpc) is 3.90. The molecule has 1 aliphatic heterocycles. The molecule has 3 aromatic heterocycles. The van der Waals surface area contributed by atoms with Crippen molar-refractivity contribution in [3.63, 3.8) is 0 Å². The van der Waals surface area contributed by atoms with Gasteiger partial charge in [-0.3, -0.25) is 4.57 Å². The monoisotopic (exact) mass is 776 g/mol. The van der Waals surface area contributed by atoms with Gasteiger partial charge in [0, 0.05) is 60.6 Å². The zero-order chi connectivity index (χ0) is 39.9. The molecule has 9 aromatic rings. The number of anilines is 4. The van der Waals surface area contributed by atoms with Crippen LogP contribution in [-0.4, -0.2) is 16.2 Å². The summed E-state index contributed by atoms with van der Waals surface area (Å²) in [6, 6.07) is 48.3. The molecule has 0 spiro atoms. The van der Waals surface area contributed by atoms with Gasteiger partial charge in [0.15, 0.2) is 0 Å². The van der Waals surface area contributed by atoms with Crippen LogP contribution >= 0.6 is 11.3 Å². The quantitative estimate of drug-likeness (QED) is 0.161. The minimum absolute atomic E-state index is 0.0262. The second-order valence-corrected chi connectivity index (χ2v) is 18.4. The van der Waals surface area contributed by atoms with Gasteiger partial charge in [0.05, 0.1) is 22.4 Å². The van der Waals surface area contributed by atoms with Crippen molar-refractivity contribution in [2.75, 3.05) is 16.5 Å². The largest absolute Gasteiger partial charge is 0.457 e. The molecule has 58 heavy (non-hydrogen) atoms. The van der Waals surface area contributed by atoms with Crippen LogP contribution in [0.5, 0.6) is 11.5 Å². The molecule has 0 amide bonds. The van der Waals surface area contributed by atoms with Gasteiger partial charge in [-0.25, -0.2) is 4.98 Å². The summed E-state index contributed by atoms with van der Waals surface area (Å²) in [5.41, 5.74) is 11.0. The van der Waals surface area contributed by atoms with Crippen molar-refractivity contribution >= 4 is 76.1 Å². The third-order valence-electron chi connectivity index (χ3n) is 11.8. The van der Waals surface area contributed by atoms with E-state index in [0.29, 0.717) is 18.5 Å². The molecular formula is C52H48N4OS. The lowest BCUT2D eigenvalue weighted by Gasteiger charge is -2.29. The molecule has 6 aromatic carbocycles. The molecule has 5 nitrogen and oxygen atoms in total. The van der Waals surface area contributed by atoms with E-state index < -0.39 is 0 Å². The first-order chi connectivity index (χ1) is 28.0. The Labute approximate surface area is 344 Å². The zero-order valence-corrected chi connectivity index (χ0v) is 35.1. The summed E-state index contributed by atoms with van der Waals surface area (Å²) in [6.07, 6.45) is 1.95. The number of rotatable bonds is 7. The lowest BCUT2D eigenvalue weighted by atomic mass is 9.88. The Hall–Kier alpha value is -6.11. The third-order valence-corrected chi connectivity index (χ3v) is 12.9. The van der Waals surface area contributed by atoms with Crippen LogP contribution in [0.25, 0.3) is 47.8 Å². The summed E-state index contributed by atoms with van der Waals surface area (Å²) >= 11 is 1.85. The fourth-order valence-corrected chi connectivity index (χ4v) is 10.0. The number of nitrogens with zero attached hydrogens (tertiary/aromatic N) is 4. The highest BCUT2D eigenvalue weighted by Gasteiger charge is 2.31. The lowest BCUT2D eigenvalue weighted by molar-refractivity contribution is 0.483. The Morgan fingerprint density at radius 3 is 2.07 bits per heavy atom. The fraction of sp³-hybridized carbons (Fsp3) is 0.212. The van der Waals surface area contributed by atoms with E-state index in [2.05, 4.69) is 196 Å². The highest BCUT2D eigenvalue weighted by Crippen LogP contribution is 2.49. The van der Waals surface area contributed by atoms with Gasteiger partial charge >= 0.3 is 0 Å². The number of hydrogen-bond donors (Lipinski definition) is 0. The number of thiophene rings is 1. The Kier molecular flexibility index (Phi) is 8.61. The average molecular weight is 777 g/mol. The van der Waals surface area contributed by atoms with Crippen LogP contribution < -0.4 is 14.5 Å². The number of benzene rings is 6. The molecular weight excluding hydrogens is 729 g/mol. The van der Waals surface area contributed by atoms with Crippen LogP contribution in [0.15, 0.2) is 140 Å². The van der Waals surface area contributed by atoms with Gasteiger partial charge in [-0.2, -0.15) is 0 Å². The Morgan fingerprint density at radius 2 is 1.31 bits per heavy atom. The maximum atomic E-state index is 6.82. The summed E-state index contributed by atoms with van der Waals surface area (Å²) in [5, 5.41) is 4.92. The zero-order valence-electron chi connectivity index (χ0n) is 34.2. The van der Waals surface area contributed by atoms with Gasteiger partial charge < -0.3 is 14.5 Å². The number of fused-ring (bicyclic) bond motifs is 8. The molecule has 0 atom stereocenters. The van der Waals surface area contributed by atoms with E-state index in [1.165, 1.54) is 70.2 Å². The number of para-hydroxylation sites is 3. The summed E-state index contributed by atoms with van der Waals surface area (Å²) in [7, 11) is 0. The standard InChI is InChI=1S/C52H48N4OS/c1-32(2)38-17-13-18-39(33(3)4)50(38)55-31-54(43-19-9-10-20-44(43)55)35-14-12-15-36(29-35)57-37-22-23-40-41-24-25-47-49(42-16-8-11-21-46(42)58-47)51(41)56(45(40)30-37)48-28-34(26-27-53-48)52(5,6)7/h8-30,32-33H,31H2,1-7H3. The molecule has 0 aliphatic carbocycles. The minimum atomic E-state index is -0.0262. The maximum absolute atomic E-state index is 6.82. The van der Waals surface area contributed by atoms with Gasteiger partial charge in [0.2, 0.25) is 0 Å². The molecule has 6 heteroatoms. The van der Waals surface area contributed by atoms with Crippen molar-refractivity contribution in [1.82, 2.24) is 9.55 Å². The van der Waals surface area contributed by atoms with Crippen LogP contribution in [0.2, 0.25) is 0 Å². The van der Waals surface area contributed by atoms with Crippen LogP contribution in [0.3, 0.4) is 0 Å². The number of aromatic nitrogens is 2. The van der Waals surface area contributed by atoms with Gasteiger partial charge in [-0.05, 0) is 94.6 Å². The third kappa shape index (κ3) is 5.92. The predicted molar refractivity (Wildman–Crippen MR) is 247 cm³/mol. The first-order valence-electron chi connectivity index (χ1n) is 20.5. The van der Waals surface area contributed by atoms with Gasteiger partial charge in [0.1, 0.15) is 24.0 Å². The van der Waals surface area contributed by atoms with E-state index in [0.717, 1.165) is 28.5 Å². The van der Waals surface area contributed by atoms with E-state index in [1.54, 1.807) is 0 Å². The molecule has 288 valence electrons. The molecule has 0 radical (unpaired) electrons. The number of pyridine rings is 1. The highest BCUT2D eigenvalue weighted by atomic mass is 32.1. The van der Waals surface area contributed by atoms with Gasteiger partial charge in [-0.1, -0.05) is 109 Å². The Morgan fingerprint density at radius 1 is 0.621 bits per heavy atom. The molecule has 0 saturated heterocycles. The second-order valence-electron chi connectivity index (χ2n) is 17.3. The SMILES string of the molecule is CC(C)c1cccc(C(C)C)c1N1CN(c2cccc(Oc3ccc4c5ccc6sc7ccccc7c6c5n(-c5cc(C(C)(C)C)ccn5)c4c3)c2)c2ccccc21. The molecule has 0 bridgehead atoms. The molecule has 1 aliphatic rings. The lowest BCUT2D eigenvalue weighted by Crippen LogP contribution is -2.26. The first kappa shape index (κ1) is 36.2. The molecule has 4 heterocycles. The Bertz CT molecular complexity index is 3010. The summed E-state index contributed by atoms with van der Waals surface area (Å²) in [6.45, 7) is 16.7. The normalized spacial score (nSPS) is 13.3. The van der Waals surface area contributed by atoms with Crippen molar-refractivity contribution in [3.8, 4) is 17.3 Å². The topological polar surface area (TPSA) is 33.5 Å². The Balaban J connectivity index is 1.08. The van der Waals surface area contributed by atoms with Crippen molar-refractivity contribution < 1.29 is 4.74 Å². The fourth-order valence-electron chi connectivity index (χ4n) is 8.90. The maximum Gasteiger partial charge on any atom is 0.137 e. The van der Waals surface area contributed by atoms with Crippen LogP contribution in [0, 0.1) is 0 Å². The summed E-state index contributed by atoms with van der Waals surface area (Å²) < 4.78 is 11.7. The van der Waals surface area contributed by atoms with Crippen molar-refractivity contribution in [2.45, 2.75) is 65.7 Å². The number of hydrogen-bond acceptors (Lipinski definition) is 5. The molecule has 0 N–H and O–H groups in total. The van der Waals surface area contributed by atoms with E-state index in [1.807, 2.05) is 17.5 Å². The highest BCUT2D eigenvalue weighted by molar-refractivity contribution is 7.26. The predicted octanol–water partition coefficient (Wildman–Crippen LogP) is 15.1. The van der Waals surface area contributed by atoms with E-state index in [9.17, 15) is 0 Å². The minimum Gasteiger partial charge on any atom is -0.457 e. The molecule has 0 fully saturated rings. The van der Waals surface area contributed by atoms with Crippen LogP contribution in [0.1, 0.15) is 77.0 Å². The van der Waals surface area contributed by atoms with E-state index in [-0.39, 0.29) is 5.41 Å². The van der Waals surface area contributed by atoms with Crippen molar-refractivity contribution in [1.29, 1.82) is 0 Å².